The Labute approximate surface area is 109 Å². The van der Waals surface area contributed by atoms with Crippen LogP contribution in [-0.2, 0) is 11.2 Å². The standard InChI is InChI=1S/C13H15F4NO/c1-18(9-13(15,16)17)12-7-4-6-11(14)10(12)5-2-3-8-19/h4,6-8H,2-3,5,9H2,1H3. The number of nitrogens with zero attached hydrogens (tertiary/aromatic N) is 1. The van der Waals surface area contributed by atoms with E-state index in [1.165, 1.54) is 25.2 Å². The summed E-state index contributed by atoms with van der Waals surface area (Å²) in [5.41, 5.74) is 0.430. The second-order valence-electron chi connectivity index (χ2n) is 4.27. The van der Waals surface area contributed by atoms with Crippen LogP contribution in [0.1, 0.15) is 18.4 Å². The summed E-state index contributed by atoms with van der Waals surface area (Å²) in [6, 6.07) is 4.03. The Morgan fingerprint density at radius 2 is 2.00 bits per heavy atom. The number of benzene rings is 1. The molecule has 1 aromatic carbocycles. The summed E-state index contributed by atoms with van der Waals surface area (Å²) < 4.78 is 50.7. The maximum atomic E-state index is 13.7. The van der Waals surface area contributed by atoms with Gasteiger partial charge in [-0.1, -0.05) is 6.07 Å². The average molecular weight is 277 g/mol. The van der Waals surface area contributed by atoms with Crippen molar-refractivity contribution in [1.29, 1.82) is 0 Å². The number of hydrogen-bond acceptors (Lipinski definition) is 2. The summed E-state index contributed by atoms with van der Waals surface area (Å²) in [7, 11) is 1.27. The smallest absolute Gasteiger partial charge is 0.365 e. The first-order chi connectivity index (χ1) is 8.85. The molecule has 0 spiro atoms. The molecule has 0 N–H and O–H groups in total. The fourth-order valence-electron chi connectivity index (χ4n) is 1.87. The van der Waals surface area contributed by atoms with Crippen LogP contribution in [0, 0.1) is 5.82 Å². The molecule has 0 bridgehead atoms. The number of aldehydes is 1. The van der Waals surface area contributed by atoms with E-state index in [4.69, 9.17) is 0 Å². The molecule has 2 nitrogen and oxygen atoms in total. The van der Waals surface area contributed by atoms with E-state index in [-0.39, 0.29) is 24.1 Å². The van der Waals surface area contributed by atoms with Crippen molar-refractivity contribution < 1.29 is 22.4 Å². The Morgan fingerprint density at radius 1 is 1.32 bits per heavy atom. The summed E-state index contributed by atoms with van der Waals surface area (Å²) >= 11 is 0. The molecule has 0 saturated carbocycles. The Bertz CT molecular complexity index is 431. The molecule has 0 saturated heterocycles. The number of rotatable bonds is 6. The van der Waals surface area contributed by atoms with Crippen molar-refractivity contribution in [3.63, 3.8) is 0 Å². The van der Waals surface area contributed by atoms with Crippen LogP contribution < -0.4 is 4.90 Å². The van der Waals surface area contributed by atoms with Crippen LogP contribution in [0.25, 0.3) is 0 Å². The van der Waals surface area contributed by atoms with Crippen molar-refractivity contribution in [2.24, 2.45) is 0 Å². The summed E-state index contributed by atoms with van der Waals surface area (Å²) in [5, 5.41) is 0. The van der Waals surface area contributed by atoms with E-state index in [1.807, 2.05) is 0 Å². The Kier molecular flexibility index (Phi) is 5.32. The van der Waals surface area contributed by atoms with E-state index >= 15 is 0 Å². The first-order valence-corrected chi connectivity index (χ1v) is 5.84. The van der Waals surface area contributed by atoms with Gasteiger partial charge in [0, 0.05) is 24.7 Å². The predicted octanol–water partition coefficient (Wildman–Crippen LogP) is 3.35. The number of halogens is 4. The normalized spacial score (nSPS) is 11.4. The van der Waals surface area contributed by atoms with E-state index in [0.717, 1.165) is 4.90 Å². The van der Waals surface area contributed by atoms with Crippen LogP contribution in [0.2, 0.25) is 0 Å². The predicted molar refractivity (Wildman–Crippen MR) is 64.7 cm³/mol. The average Bonchev–Trinajstić information content (AvgIpc) is 2.29. The van der Waals surface area contributed by atoms with Crippen molar-refractivity contribution in [3.8, 4) is 0 Å². The summed E-state index contributed by atoms with van der Waals surface area (Å²) in [5.74, 6) is -0.544. The third-order valence-corrected chi connectivity index (χ3v) is 2.67. The highest BCUT2D eigenvalue weighted by Gasteiger charge is 2.30. The third-order valence-electron chi connectivity index (χ3n) is 2.67. The van der Waals surface area contributed by atoms with Gasteiger partial charge < -0.3 is 9.69 Å². The zero-order chi connectivity index (χ0) is 14.5. The number of carbonyl (C=O) groups is 1. The van der Waals surface area contributed by atoms with Gasteiger partial charge in [-0.25, -0.2) is 4.39 Å². The van der Waals surface area contributed by atoms with Gasteiger partial charge in [0.1, 0.15) is 18.6 Å². The van der Waals surface area contributed by atoms with Crippen molar-refractivity contribution in [3.05, 3.63) is 29.6 Å². The molecule has 0 atom stereocenters. The maximum absolute atomic E-state index is 13.7. The SMILES string of the molecule is CN(CC(F)(F)F)c1cccc(F)c1CCCC=O. The molecule has 0 amide bonds. The summed E-state index contributed by atoms with van der Waals surface area (Å²) in [6.45, 7) is -1.14. The fraction of sp³-hybridized carbons (Fsp3) is 0.462. The first-order valence-electron chi connectivity index (χ1n) is 5.84. The summed E-state index contributed by atoms with van der Waals surface area (Å²) in [4.78, 5) is 11.2. The van der Waals surface area contributed by atoms with Crippen molar-refractivity contribution in [1.82, 2.24) is 0 Å². The van der Waals surface area contributed by atoms with Crippen LogP contribution in [0.15, 0.2) is 18.2 Å². The van der Waals surface area contributed by atoms with E-state index in [0.29, 0.717) is 12.7 Å². The van der Waals surface area contributed by atoms with Crippen molar-refractivity contribution >= 4 is 12.0 Å². The lowest BCUT2D eigenvalue weighted by Gasteiger charge is -2.24. The lowest BCUT2D eigenvalue weighted by atomic mass is 10.0. The minimum absolute atomic E-state index is 0.211. The quantitative estimate of drug-likeness (QED) is 0.451. The van der Waals surface area contributed by atoms with E-state index < -0.39 is 18.5 Å². The minimum atomic E-state index is -4.35. The van der Waals surface area contributed by atoms with Gasteiger partial charge in [0.05, 0.1) is 0 Å². The molecular weight excluding hydrogens is 262 g/mol. The Balaban J connectivity index is 2.92. The van der Waals surface area contributed by atoms with E-state index in [1.54, 1.807) is 0 Å². The molecule has 1 rings (SSSR count). The van der Waals surface area contributed by atoms with Gasteiger partial charge >= 0.3 is 6.18 Å². The molecule has 1 aromatic rings. The summed E-state index contributed by atoms with van der Waals surface area (Å²) in [6.07, 6.45) is -2.72. The van der Waals surface area contributed by atoms with Gasteiger partial charge in [-0.05, 0) is 25.0 Å². The third kappa shape index (κ3) is 4.89. The van der Waals surface area contributed by atoms with Gasteiger partial charge in [0.2, 0.25) is 0 Å². The monoisotopic (exact) mass is 277 g/mol. The molecule has 0 aliphatic heterocycles. The highest BCUT2D eigenvalue weighted by atomic mass is 19.4. The van der Waals surface area contributed by atoms with Gasteiger partial charge in [0.15, 0.2) is 0 Å². The van der Waals surface area contributed by atoms with Crippen LogP contribution in [-0.4, -0.2) is 26.1 Å². The van der Waals surface area contributed by atoms with E-state index in [2.05, 4.69) is 0 Å². The van der Waals surface area contributed by atoms with Crippen LogP contribution in [0.3, 0.4) is 0 Å². The molecule has 0 aromatic heterocycles. The van der Waals surface area contributed by atoms with Crippen LogP contribution >= 0.6 is 0 Å². The van der Waals surface area contributed by atoms with Crippen molar-refractivity contribution in [2.75, 3.05) is 18.5 Å². The number of carbonyl (C=O) groups excluding carboxylic acids is 1. The lowest BCUT2D eigenvalue weighted by Crippen LogP contribution is -2.31. The van der Waals surface area contributed by atoms with Crippen LogP contribution in [0.4, 0.5) is 23.2 Å². The maximum Gasteiger partial charge on any atom is 0.405 e. The highest BCUT2D eigenvalue weighted by molar-refractivity contribution is 5.54. The molecule has 0 unspecified atom stereocenters. The molecule has 106 valence electrons. The minimum Gasteiger partial charge on any atom is -0.365 e. The zero-order valence-corrected chi connectivity index (χ0v) is 10.5. The molecule has 0 fully saturated rings. The second kappa shape index (κ2) is 6.54. The van der Waals surface area contributed by atoms with Crippen LogP contribution in [0.5, 0.6) is 0 Å². The van der Waals surface area contributed by atoms with Crippen molar-refractivity contribution in [2.45, 2.75) is 25.4 Å². The van der Waals surface area contributed by atoms with Gasteiger partial charge in [-0.15, -0.1) is 0 Å². The largest absolute Gasteiger partial charge is 0.405 e. The molecule has 19 heavy (non-hydrogen) atoms. The number of anilines is 1. The highest BCUT2D eigenvalue weighted by Crippen LogP contribution is 2.27. The van der Waals surface area contributed by atoms with Gasteiger partial charge in [0.25, 0.3) is 0 Å². The fourth-order valence-corrected chi connectivity index (χ4v) is 1.87. The Hall–Kier alpha value is -1.59. The van der Waals surface area contributed by atoms with Gasteiger partial charge in [-0.2, -0.15) is 13.2 Å². The zero-order valence-electron chi connectivity index (χ0n) is 10.5. The first kappa shape index (κ1) is 15.5. The molecule has 0 radical (unpaired) electrons. The van der Waals surface area contributed by atoms with Gasteiger partial charge in [-0.3, -0.25) is 0 Å². The topological polar surface area (TPSA) is 20.3 Å². The molecular formula is C13H15F4NO. The van der Waals surface area contributed by atoms with E-state index in [9.17, 15) is 22.4 Å². The molecule has 0 aliphatic carbocycles. The Morgan fingerprint density at radius 3 is 2.58 bits per heavy atom. The molecule has 6 heteroatoms. The number of unbranched alkanes of at least 4 members (excludes halogenated alkanes) is 1. The number of alkyl halides is 3. The number of hydrogen-bond donors (Lipinski definition) is 0. The molecule has 0 aliphatic rings. The lowest BCUT2D eigenvalue weighted by molar-refractivity contribution is -0.119. The molecule has 0 heterocycles. The second-order valence-corrected chi connectivity index (χ2v) is 4.27.